The number of nitrogens with zero attached hydrogens (tertiary/aromatic N) is 3. The summed E-state index contributed by atoms with van der Waals surface area (Å²) in [7, 11) is 0. The number of aryl methyl sites for hydroxylation is 2. The fourth-order valence-electron chi connectivity index (χ4n) is 2.53. The summed E-state index contributed by atoms with van der Waals surface area (Å²) in [5.74, 6) is 0.368. The number of fused-ring (bicyclic) bond motifs is 1. The highest BCUT2D eigenvalue weighted by Gasteiger charge is 2.28. The molecule has 1 aliphatic rings. The molecular formula is C14H17F2N3. The van der Waals surface area contributed by atoms with E-state index in [-0.39, 0.29) is 5.56 Å². The summed E-state index contributed by atoms with van der Waals surface area (Å²) in [6.45, 7) is 4.54. The van der Waals surface area contributed by atoms with Gasteiger partial charge in [-0.2, -0.15) is 5.10 Å². The van der Waals surface area contributed by atoms with Crippen LogP contribution in [0.3, 0.4) is 0 Å². The van der Waals surface area contributed by atoms with E-state index in [0.29, 0.717) is 29.2 Å². The van der Waals surface area contributed by atoms with Gasteiger partial charge in [0.2, 0.25) is 0 Å². The van der Waals surface area contributed by atoms with Gasteiger partial charge < -0.3 is 0 Å². The van der Waals surface area contributed by atoms with Gasteiger partial charge in [-0.15, -0.1) is 0 Å². The molecule has 0 atom stereocenters. The number of hydrogen-bond acceptors (Lipinski definition) is 2. The van der Waals surface area contributed by atoms with E-state index in [1.165, 1.54) is 0 Å². The molecule has 2 aromatic rings. The fourth-order valence-corrected chi connectivity index (χ4v) is 2.53. The molecule has 102 valence electrons. The molecule has 0 spiro atoms. The van der Waals surface area contributed by atoms with E-state index < -0.39 is 6.43 Å². The van der Waals surface area contributed by atoms with Crippen molar-refractivity contribution in [1.29, 1.82) is 0 Å². The first-order valence-electron chi connectivity index (χ1n) is 6.78. The number of hydrogen-bond donors (Lipinski definition) is 0. The molecule has 0 unspecified atom stereocenters. The topological polar surface area (TPSA) is 30.7 Å². The first-order chi connectivity index (χ1) is 9.11. The van der Waals surface area contributed by atoms with Crippen LogP contribution in [0.2, 0.25) is 0 Å². The number of aromatic nitrogens is 3. The summed E-state index contributed by atoms with van der Waals surface area (Å²) in [6, 6.07) is 1.58. The van der Waals surface area contributed by atoms with Crippen molar-refractivity contribution in [2.75, 3.05) is 0 Å². The smallest absolute Gasteiger partial charge is 0.247 e. The predicted octanol–water partition coefficient (Wildman–Crippen LogP) is 3.96. The lowest BCUT2D eigenvalue weighted by atomic mass is 10.1. The molecule has 0 saturated heterocycles. The minimum absolute atomic E-state index is 0.0896. The van der Waals surface area contributed by atoms with E-state index in [1.807, 2.05) is 6.92 Å². The van der Waals surface area contributed by atoms with Crippen LogP contribution in [-0.4, -0.2) is 14.8 Å². The lowest BCUT2D eigenvalue weighted by Gasteiger charge is -2.07. The van der Waals surface area contributed by atoms with Gasteiger partial charge in [-0.3, -0.25) is 0 Å². The average Bonchev–Trinajstić information content (AvgIpc) is 3.16. The van der Waals surface area contributed by atoms with Gasteiger partial charge in [-0.05, 0) is 32.3 Å². The van der Waals surface area contributed by atoms with Gasteiger partial charge in [-0.25, -0.2) is 18.4 Å². The van der Waals surface area contributed by atoms with Gasteiger partial charge >= 0.3 is 0 Å². The number of alkyl halides is 2. The van der Waals surface area contributed by atoms with Crippen molar-refractivity contribution in [3.63, 3.8) is 0 Å². The van der Waals surface area contributed by atoms with Crippen molar-refractivity contribution in [1.82, 2.24) is 14.8 Å². The Labute approximate surface area is 110 Å². The van der Waals surface area contributed by atoms with E-state index >= 15 is 0 Å². The predicted molar refractivity (Wildman–Crippen MR) is 69.5 cm³/mol. The second kappa shape index (κ2) is 4.54. The largest absolute Gasteiger partial charge is 0.264 e. The molecule has 0 radical (unpaired) electrons. The molecule has 1 aliphatic carbocycles. The van der Waals surface area contributed by atoms with Gasteiger partial charge in [0.25, 0.3) is 6.43 Å². The van der Waals surface area contributed by atoms with Crippen LogP contribution in [0.15, 0.2) is 6.07 Å². The molecular weight excluding hydrogens is 248 g/mol. The van der Waals surface area contributed by atoms with Gasteiger partial charge in [0.05, 0.1) is 11.1 Å². The minimum atomic E-state index is -2.47. The molecule has 0 aliphatic heterocycles. The van der Waals surface area contributed by atoms with Crippen LogP contribution in [0.1, 0.15) is 55.5 Å². The van der Waals surface area contributed by atoms with Crippen LogP contribution in [0.25, 0.3) is 11.0 Å². The lowest BCUT2D eigenvalue weighted by Crippen LogP contribution is -2.02. The molecule has 3 rings (SSSR count). The van der Waals surface area contributed by atoms with Gasteiger partial charge in [0.1, 0.15) is 0 Å². The summed E-state index contributed by atoms with van der Waals surface area (Å²) in [5.41, 5.74) is 2.17. The molecule has 1 fully saturated rings. The zero-order valence-electron chi connectivity index (χ0n) is 11.2. The highest BCUT2D eigenvalue weighted by atomic mass is 19.3. The molecule has 3 nitrogen and oxygen atoms in total. The third kappa shape index (κ3) is 2.11. The Hall–Kier alpha value is -1.52. The number of halogens is 2. The van der Waals surface area contributed by atoms with E-state index in [4.69, 9.17) is 0 Å². The molecule has 1 saturated carbocycles. The van der Waals surface area contributed by atoms with Crippen LogP contribution >= 0.6 is 0 Å². The van der Waals surface area contributed by atoms with Gasteiger partial charge in [0, 0.05) is 23.7 Å². The maximum atomic E-state index is 13.3. The quantitative estimate of drug-likeness (QED) is 0.837. The van der Waals surface area contributed by atoms with E-state index in [9.17, 15) is 8.78 Å². The van der Waals surface area contributed by atoms with Crippen molar-refractivity contribution in [3.05, 3.63) is 23.0 Å². The zero-order valence-corrected chi connectivity index (χ0v) is 11.2. The molecule has 0 bridgehead atoms. The standard InChI is InChI=1S/C14H17F2N3/c1-3-6-19-14-12(8(2)18-19)10(13(15)16)7-11(17-14)9-4-5-9/h7,9,13H,3-6H2,1-2H3. The minimum Gasteiger partial charge on any atom is -0.247 e. The second-order valence-electron chi connectivity index (χ2n) is 5.22. The molecule has 0 amide bonds. The Morgan fingerprint density at radius 3 is 2.74 bits per heavy atom. The Bertz CT molecular complexity index is 615. The highest BCUT2D eigenvalue weighted by molar-refractivity contribution is 5.82. The third-order valence-electron chi connectivity index (χ3n) is 3.59. The molecule has 19 heavy (non-hydrogen) atoms. The highest BCUT2D eigenvalue weighted by Crippen LogP contribution is 2.41. The summed E-state index contributed by atoms with van der Waals surface area (Å²) in [6.07, 6.45) is 0.556. The SMILES string of the molecule is CCCn1nc(C)c2c(C(F)F)cc(C3CC3)nc21. The van der Waals surface area contributed by atoms with E-state index in [2.05, 4.69) is 10.1 Å². The molecule has 2 aromatic heterocycles. The Balaban J connectivity index is 2.25. The van der Waals surface area contributed by atoms with Crippen LogP contribution in [0.4, 0.5) is 8.78 Å². The third-order valence-corrected chi connectivity index (χ3v) is 3.59. The first kappa shape index (κ1) is 12.5. The zero-order chi connectivity index (χ0) is 13.6. The van der Waals surface area contributed by atoms with Crippen molar-refractivity contribution in [2.45, 2.75) is 52.0 Å². The lowest BCUT2D eigenvalue weighted by molar-refractivity contribution is 0.153. The normalized spacial score (nSPS) is 15.6. The van der Waals surface area contributed by atoms with Crippen LogP contribution in [0.5, 0.6) is 0 Å². The molecule has 0 aromatic carbocycles. The first-order valence-corrected chi connectivity index (χ1v) is 6.78. The van der Waals surface area contributed by atoms with E-state index in [0.717, 1.165) is 25.0 Å². The summed E-state index contributed by atoms with van der Waals surface area (Å²) >= 11 is 0. The number of pyridine rings is 1. The maximum Gasteiger partial charge on any atom is 0.264 e. The summed E-state index contributed by atoms with van der Waals surface area (Å²) in [5, 5.41) is 4.90. The number of rotatable bonds is 4. The van der Waals surface area contributed by atoms with Crippen molar-refractivity contribution >= 4 is 11.0 Å². The average molecular weight is 265 g/mol. The van der Waals surface area contributed by atoms with Crippen LogP contribution in [-0.2, 0) is 6.54 Å². The summed E-state index contributed by atoms with van der Waals surface area (Å²) in [4.78, 5) is 4.59. The van der Waals surface area contributed by atoms with Crippen molar-refractivity contribution < 1.29 is 8.78 Å². The van der Waals surface area contributed by atoms with Gasteiger partial charge in [0.15, 0.2) is 5.65 Å². The Kier molecular flexibility index (Phi) is 2.99. The van der Waals surface area contributed by atoms with Crippen molar-refractivity contribution in [2.24, 2.45) is 0 Å². The molecule has 5 heteroatoms. The second-order valence-corrected chi connectivity index (χ2v) is 5.22. The van der Waals surface area contributed by atoms with Gasteiger partial charge in [-0.1, -0.05) is 6.92 Å². The molecule has 2 heterocycles. The Morgan fingerprint density at radius 1 is 1.42 bits per heavy atom. The summed E-state index contributed by atoms with van der Waals surface area (Å²) < 4.78 is 28.3. The van der Waals surface area contributed by atoms with Crippen LogP contribution < -0.4 is 0 Å². The maximum absolute atomic E-state index is 13.3. The van der Waals surface area contributed by atoms with E-state index in [1.54, 1.807) is 17.7 Å². The monoisotopic (exact) mass is 265 g/mol. The Morgan fingerprint density at radius 2 is 2.16 bits per heavy atom. The molecule has 0 N–H and O–H groups in total. The fraction of sp³-hybridized carbons (Fsp3) is 0.571. The van der Waals surface area contributed by atoms with Crippen LogP contribution in [0, 0.1) is 6.92 Å². The van der Waals surface area contributed by atoms with Crippen molar-refractivity contribution in [3.8, 4) is 0 Å².